The molecule has 2 rings (SSSR count). The van der Waals surface area contributed by atoms with Crippen LogP contribution in [0.3, 0.4) is 0 Å². The molecule has 1 saturated carbocycles. The molecule has 1 aromatic rings. The first-order valence-corrected chi connectivity index (χ1v) is 10.7. The molecule has 1 aliphatic rings. The molecule has 33 heavy (non-hydrogen) atoms. The van der Waals surface area contributed by atoms with E-state index in [9.17, 15) is 34.5 Å². The number of aliphatic carboxylic acids is 3. The van der Waals surface area contributed by atoms with E-state index in [1.807, 2.05) is 0 Å². The summed E-state index contributed by atoms with van der Waals surface area (Å²) in [4.78, 5) is 54.5. The van der Waals surface area contributed by atoms with Gasteiger partial charge in [0.15, 0.2) is 5.78 Å². The number of hydrogen-bond acceptors (Lipinski definition) is 7. The van der Waals surface area contributed by atoms with E-state index in [-0.39, 0.29) is 47.9 Å². The predicted octanol–water partition coefficient (Wildman–Crippen LogP) is 1.59. The summed E-state index contributed by atoms with van der Waals surface area (Å²) in [6.07, 6.45) is 4.30. The van der Waals surface area contributed by atoms with Crippen molar-refractivity contribution in [1.82, 2.24) is 14.8 Å². The monoisotopic (exact) mass is 504 g/mol. The molecule has 0 amide bonds. The van der Waals surface area contributed by atoms with E-state index in [4.69, 9.17) is 0 Å². The molecule has 1 aromatic heterocycles. The fourth-order valence-electron chi connectivity index (χ4n) is 4.34. The number of pyridine rings is 1. The van der Waals surface area contributed by atoms with Crippen LogP contribution in [-0.2, 0) is 38.0 Å². The standard InChI is InChI=1S/C22H31N3O7.Mn/c1-14(2)22(32)15-6-5-9-23-16(15)10-24(11-19(26)27)17-7-3-4-8-18(17)25(12-20(28)29)13-21(30)31;/h5-6,9,14,17-18H,3-4,7-8,10-13H2,1-2H3,(H,26,27)(H,28,29)(H,30,31);/q;+2/t17-,18?;/m0./s1. The average Bonchev–Trinajstić information content (AvgIpc) is 2.71. The van der Waals surface area contributed by atoms with Crippen molar-refractivity contribution in [2.75, 3.05) is 19.6 Å². The quantitative estimate of drug-likeness (QED) is 0.283. The Morgan fingerprint density at radius 2 is 1.42 bits per heavy atom. The van der Waals surface area contributed by atoms with Gasteiger partial charge in [-0.3, -0.25) is 34.0 Å². The zero-order valence-electron chi connectivity index (χ0n) is 18.8. The van der Waals surface area contributed by atoms with Gasteiger partial charge < -0.3 is 15.3 Å². The van der Waals surface area contributed by atoms with E-state index in [1.165, 1.54) is 4.90 Å². The first kappa shape index (κ1) is 28.7. The van der Waals surface area contributed by atoms with Crippen LogP contribution in [0.1, 0.15) is 55.6 Å². The van der Waals surface area contributed by atoms with Gasteiger partial charge in [0.05, 0.1) is 25.3 Å². The molecule has 2 atom stereocenters. The third kappa shape index (κ3) is 8.51. The van der Waals surface area contributed by atoms with Gasteiger partial charge in [-0.15, -0.1) is 0 Å². The molecule has 1 unspecified atom stereocenters. The molecule has 0 aliphatic heterocycles. The minimum absolute atomic E-state index is 0. The Kier molecular flexibility index (Phi) is 11.6. The molecule has 0 saturated heterocycles. The van der Waals surface area contributed by atoms with Crippen LogP contribution in [0.5, 0.6) is 0 Å². The second-order valence-corrected chi connectivity index (χ2v) is 8.43. The van der Waals surface area contributed by atoms with Gasteiger partial charge in [-0.1, -0.05) is 26.7 Å². The zero-order valence-corrected chi connectivity index (χ0v) is 20.0. The first-order chi connectivity index (χ1) is 15.1. The van der Waals surface area contributed by atoms with Crippen molar-refractivity contribution < 1.29 is 51.6 Å². The number of carboxylic acid groups (broad SMARTS) is 3. The number of Topliss-reactive ketones (excluding diaryl/α,β-unsaturated/α-hetero) is 1. The Morgan fingerprint density at radius 3 is 1.91 bits per heavy atom. The molecule has 1 heterocycles. The molecule has 0 spiro atoms. The molecule has 10 nitrogen and oxygen atoms in total. The molecule has 3 N–H and O–H groups in total. The first-order valence-electron chi connectivity index (χ1n) is 10.7. The number of carbonyl (C=O) groups is 4. The largest absolute Gasteiger partial charge is 2.00 e. The van der Waals surface area contributed by atoms with Crippen LogP contribution in [0.2, 0.25) is 0 Å². The molecule has 11 heteroatoms. The minimum atomic E-state index is -1.14. The van der Waals surface area contributed by atoms with Crippen molar-refractivity contribution in [1.29, 1.82) is 0 Å². The molecule has 181 valence electrons. The maximum absolute atomic E-state index is 12.6. The van der Waals surface area contributed by atoms with E-state index in [0.29, 0.717) is 24.1 Å². The van der Waals surface area contributed by atoms with Crippen LogP contribution in [0.4, 0.5) is 0 Å². The van der Waals surface area contributed by atoms with Gasteiger partial charge >= 0.3 is 35.0 Å². The number of rotatable bonds is 12. The molecular weight excluding hydrogens is 473 g/mol. The summed E-state index contributed by atoms with van der Waals surface area (Å²) < 4.78 is 0. The normalized spacial score (nSPS) is 18.2. The van der Waals surface area contributed by atoms with Crippen LogP contribution in [0.15, 0.2) is 18.3 Å². The van der Waals surface area contributed by atoms with Crippen molar-refractivity contribution >= 4 is 23.7 Å². The Balaban J connectivity index is 0.00000544. The number of hydrogen-bond donors (Lipinski definition) is 3. The average molecular weight is 504 g/mol. The van der Waals surface area contributed by atoms with Gasteiger partial charge in [0.1, 0.15) is 0 Å². The van der Waals surface area contributed by atoms with Gasteiger partial charge in [0, 0.05) is 36.3 Å². The minimum Gasteiger partial charge on any atom is -0.480 e. The van der Waals surface area contributed by atoms with Crippen LogP contribution in [-0.4, -0.2) is 85.5 Å². The van der Waals surface area contributed by atoms with E-state index < -0.39 is 37.0 Å². The van der Waals surface area contributed by atoms with Crippen molar-refractivity contribution in [3.63, 3.8) is 0 Å². The van der Waals surface area contributed by atoms with Crippen LogP contribution >= 0.6 is 0 Å². The summed E-state index contributed by atoms with van der Waals surface area (Å²) in [5.41, 5.74) is 0.887. The number of ketones is 1. The molecule has 1 radical (unpaired) electrons. The number of carboxylic acids is 3. The predicted molar refractivity (Wildman–Crippen MR) is 114 cm³/mol. The zero-order chi connectivity index (χ0) is 23.8. The smallest absolute Gasteiger partial charge is 0.480 e. The fraction of sp³-hybridized carbons (Fsp3) is 0.591. The molecule has 1 aliphatic carbocycles. The summed E-state index contributed by atoms with van der Waals surface area (Å²) in [7, 11) is 0. The van der Waals surface area contributed by atoms with E-state index in [1.54, 1.807) is 37.1 Å². The molecule has 0 bridgehead atoms. The van der Waals surface area contributed by atoms with E-state index >= 15 is 0 Å². The third-order valence-electron chi connectivity index (χ3n) is 5.68. The summed E-state index contributed by atoms with van der Waals surface area (Å²) in [5, 5.41) is 28.1. The van der Waals surface area contributed by atoms with Crippen molar-refractivity contribution in [3.05, 3.63) is 29.6 Å². The SMILES string of the molecule is CC(C)C(=O)c1cccnc1CN(CC(=O)O)[C@H]1CCCCC1N(CC(=O)O)CC(=O)O.[Mn+2]. The van der Waals surface area contributed by atoms with Crippen molar-refractivity contribution in [2.24, 2.45) is 5.92 Å². The Morgan fingerprint density at radius 1 is 0.939 bits per heavy atom. The number of nitrogens with zero attached hydrogens (tertiary/aromatic N) is 3. The Labute approximate surface area is 203 Å². The summed E-state index contributed by atoms with van der Waals surface area (Å²) >= 11 is 0. The summed E-state index contributed by atoms with van der Waals surface area (Å²) in [5.74, 6) is -3.70. The Bertz CT molecular complexity index is 833. The molecule has 1 fully saturated rings. The van der Waals surface area contributed by atoms with Crippen molar-refractivity contribution in [2.45, 2.75) is 58.2 Å². The van der Waals surface area contributed by atoms with Crippen LogP contribution < -0.4 is 0 Å². The topological polar surface area (TPSA) is 148 Å². The van der Waals surface area contributed by atoms with Crippen LogP contribution in [0.25, 0.3) is 0 Å². The number of carbonyl (C=O) groups excluding carboxylic acids is 1. The van der Waals surface area contributed by atoms with Gasteiger partial charge in [0.2, 0.25) is 0 Å². The number of aromatic nitrogens is 1. The van der Waals surface area contributed by atoms with Crippen molar-refractivity contribution in [3.8, 4) is 0 Å². The van der Waals surface area contributed by atoms with E-state index in [0.717, 1.165) is 12.8 Å². The summed E-state index contributed by atoms with van der Waals surface area (Å²) in [6, 6.07) is 2.50. The van der Waals surface area contributed by atoms with Crippen LogP contribution in [0, 0.1) is 5.92 Å². The molecule has 0 aromatic carbocycles. The van der Waals surface area contributed by atoms with E-state index in [2.05, 4.69) is 4.98 Å². The van der Waals surface area contributed by atoms with Gasteiger partial charge in [0.25, 0.3) is 0 Å². The maximum atomic E-state index is 12.6. The molecular formula is C22H31MnN3O7+2. The summed E-state index contributed by atoms with van der Waals surface area (Å²) in [6.45, 7) is 2.42. The van der Waals surface area contributed by atoms with Gasteiger partial charge in [-0.25, -0.2) is 0 Å². The van der Waals surface area contributed by atoms with Gasteiger partial charge in [-0.2, -0.15) is 0 Å². The second-order valence-electron chi connectivity index (χ2n) is 8.43. The van der Waals surface area contributed by atoms with Gasteiger partial charge in [-0.05, 0) is 25.0 Å². The fourth-order valence-corrected chi connectivity index (χ4v) is 4.34. The third-order valence-corrected chi connectivity index (χ3v) is 5.68. The second kappa shape index (κ2) is 13.4. The maximum Gasteiger partial charge on any atom is 2.00 e. The Hall–Kier alpha value is -2.33.